The molecule has 4 rings (SSSR count). The Morgan fingerprint density at radius 3 is 2.52 bits per heavy atom. The van der Waals surface area contributed by atoms with E-state index in [9.17, 15) is 4.79 Å². The van der Waals surface area contributed by atoms with Crippen LogP contribution in [0.3, 0.4) is 0 Å². The molecule has 3 heterocycles. The normalized spacial score (nSPS) is 13.8. The fourth-order valence-corrected chi connectivity index (χ4v) is 5.23. The molecule has 0 atom stereocenters. The number of benzene rings is 1. The number of anilines is 1. The molecule has 8 heteroatoms. The zero-order chi connectivity index (χ0) is 23.4. The number of carbonyl (C=O) groups is 1. The summed E-state index contributed by atoms with van der Waals surface area (Å²) in [7, 11) is 1.71. The van der Waals surface area contributed by atoms with Crippen LogP contribution >= 0.6 is 11.8 Å². The molecule has 0 N–H and O–H groups in total. The van der Waals surface area contributed by atoms with E-state index in [1.165, 1.54) is 30.2 Å². The number of hydrogen-bond donors (Lipinski definition) is 0. The van der Waals surface area contributed by atoms with Crippen molar-refractivity contribution >= 4 is 23.5 Å². The highest BCUT2D eigenvalue weighted by Crippen LogP contribution is 2.29. The van der Waals surface area contributed by atoms with E-state index in [2.05, 4.69) is 62.3 Å². The third-order valence-electron chi connectivity index (χ3n) is 6.23. The maximum atomic E-state index is 13.2. The Morgan fingerprint density at radius 2 is 1.82 bits per heavy atom. The van der Waals surface area contributed by atoms with Crippen LogP contribution in [0, 0.1) is 20.8 Å². The summed E-state index contributed by atoms with van der Waals surface area (Å²) in [5.74, 6) is 1.31. The van der Waals surface area contributed by atoms with Crippen LogP contribution in [-0.4, -0.2) is 57.7 Å². The van der Waals surface area contributed by atoms with Gasteiger partial charge < -0.3 is 14.2 Å². The van der Waals surface area contributed by atoms with Gasteiger partial charge in [0.2, 0.25) is 5.95 Å². The van der Waals surface area contributed by atoms with E-state index in [0.29, 0.717) is 12.4 Å². The number of aromatic nitrogens is 4. The average Bonchev–Trinajstić information content (AvgIpc) is 3.54. The van der Waals surface area contributed by atoms with Crippen LogP contribution in [0.1, 0.15) is 46.6 Å². The van der Waals surface area contributed by atoms with Gasteiger partial charge >= 0.3 is 0 Å². The fourth-order valence-electron chi connectivity index (χ4n) is 4.40. The molecule has 7 nitrogen and oxygen atoms in total. The van der Waals surface area contributed by atoms with Crippen LogP contribution in [0.4, 0.5) is 5.95 Å². The van der Waals surface area contributed by atoms with Crippen molar-refractivity contribution < 1.29 is 9.53 Å². The second-order valence-corrected chi connectivity index (χ2v) is 9.58. The molecule has 1 aromatic carbocycles. The standard InChI is InChI=1S/C25H33N5O2S/c1-18-8-10-21(11-9-18)30-24(28-12-5-6-13-28)26-27-25(30)33-17-23(31)22-16-19(2)29(20(22)3)14-7-15-32-4/h8-11,16H,5-7,12-15,17H2,1-4H3. The quantitative estimate of drug-likeness (QED) is 0.247. The molecular formula is C25H33N5O2S. The fraction of sp³-hybridized carbons (Fsp3) is 0.480. The summed E-state index contributed by atoms with van der Waals surface area (Å²) in [6.07, 6.45) is 3.26. The predicted molar refractivity (Wildman–Crippen MR) is 133 cm³/mol. The number of nitrogens with zero attached hydrogens (tertiary/aromatic N) is 5. The van der Waals surface area contributed by atoms with E-state index >= 15 is 0 Å². The van der Waals surface area contributed by atoms with Crippen molar-refractivity contribution in [3.05, 3.63) is 52.8 Å². The van der Waals surface area contributed by atoms with Gasteiger partial charge in [0.25, 0.3) is 0 Å². The monoisotopic (exact) mass is 467 g/mol. The number of thioether (sulfide) groups is 1. The minimum Gasteiger partial charge on any atom is -0.385 e. The van der Waals surface area contributed by atoms with Gasteiger partial charge in [0.15, 0.2) is 10.9 Å². The topological polar surface area (TPSA) is 65.2 Å². The van der Waals surface area contributed by atoms with Gasteiger partial charge in [-0.15, -0.1) is 10.2 Å². The molecule has 1 saturated heterocycles. The Labute approximate surface area is 200 Å². The van der Waals surface area contributed by atoms with Crippen LogP contribution in [0.2, 0.25) is 0 Å². The molecule has 176 valence electrons. The van der Waals surface area contributed by atoms with Crippen molar-refractivity contribution in [1.29, 1.82) is 0 Å². The molecule has 0 bridgehead atoms. The summed E-state index contributed by atoms with van der Waals surface area (Å²) in [5, 5.41) is 9.75. The molecule has 1 aliphatic heterocycles. The second kappa shape index (κ2) is 10.6. The summed E-state index contributed by atoms with van der Waals surface area (Å²) in [4.78, 5) is 15.4. The van der Waals surface area contributed by atoms with Crippen molar-refractivity contribution in [2.75, 3.05) is 37.5 Å². The first-order chi connectivity index (χ1) is 16.0. The molecule has 3 aromatic rings. The molecule has 0 amide bonds. The maximum Gasteiger partial charge on any atom is 0.232 e. The van der Waals surface area contributed by atoms with E-state index < -0.39 is 0 Å². The number of methoxy groups -OCH3 is 1. The number of ketones is 1. The molecule has 1 aliphatic rings. The first-order valence-electron chi connectivity index (χ1n) is 11.6. The van der Waals surface area contributed by atoms with Gasteiger partial charge in [-0.25, -0.2) is 0 Å². The van der Waals surface area contributed by atoms with Crippen LogP contribution < -0.4 is 4.90 Å². The minimum atomic E-state index is 0.118. The van der Waals surface area contributed by atoms with Crippen molar-refractivity contribution in [2.45, 2.75) is 51.7 Å². The van der Waals surface area contributed by atoms with Gasteiger partial charge in [-0.05, 0) is 58.2 Å². The van der Waals surface area contributed by atoms with E-state index in [-0.39, 0.29) is 5.78 Å². The number of ether oxygens (including phenoxy) is 1. The maximum absolute atomic E-state index is 13.2. The highest BCUT2D eigenvalue weighted by molar-refractivity contribution is 7.99. The zero-order valence-electron chi connectivity index (χ0n) is 20.0. The minimum absolute atomic E-state index is 0.118. The third kappa shape index (κ3) is 5.17. The smallest absolute Gasteiger partial charge is 0.232 e. The predicted octanol–water partition coefficient (Wildman–Crippen LogP) is 4.61. The van der Waals surface area contributed by atoms with Gasteiger partial charge in [0.1, 0.15) is 0 Å². The number of carbonyl (C=O) groups excluding carboxylic acids is 1. The zero-order valence-corrected chi connectivity index (χ0v) is 20.8. The highest BCUT2D eigenvalue weighted by atomic mass is 32.2. The van der Waals surface area contributed by atoms with Crippen molar-refractivity contribution in [3.8, 4) is 5.69 Å². The Bertz CT molecular complexity index is 1100. The summed E-state index contributed by atoms with van der Waals surface area (Å²) >= 11 is 1.46. The lowest BCUT2D eigenvalue weighted by Gasteiger charge is -2.18. The third-order valence-corrected chi connectivity index (χ3v) is 7.16. The summed E-state index contributed by atoms with van der Waals surface area (Å²) in [6.45, 7) is 9.71. The number of Topliss-reactive ketones (excluding diaryl/α,β-unsaturated/α-hetero) is 1. The summed E-state index contributed by atoms with van der Waals surface area (Å²) in [5.41, 5.74) is 5.15. The van der Waals surface area contributed by atoms with Gasteiger partial charge in [-0.1, -0.05) is 29.5 Å². The van der Waals surface area contributed by atoms with E-state index in [1.54, 1.807) is 7.11 Å². The number of aryl methyl sites for hydroxylation is 2. The van der Waals surface area contributed by atoms with Crippen LogP contribution in [0.15, 0.2) is 35.5 Å². The lowest BCUT2D eigenvalue weighted by molar-refractivity contribution is 0.102. The van der Waals surface area contributed by atoms with Gasteiger partial charge in [-0.3, -0.25) is 9.36 Å². The highest BCUT2D eigenvalue weighted by Gasteiger charge is 2.24. The SMILES string of the molecule is COCCCn1c(C)cc(C(=O)CSc2nnc(N3CCCC3)n2-c2ccc(C)cc2)c1C. The molecule has 2 aromatic heterocycles. The van der Waals surface area contributed by atoms with Crippen molar-refractivity contribution in [1.82, 2.24) is 19.3 Å². The number of rotatable bonds is 10. The number of hydrogen-bond acceptors (Lipinski definition) is 6. The molecule has 0 radical (unpaired) electrons. The van der Waals surface area contributed by atoms with Gasteiger partial charge in [-0.2, -0.15) is 0 Å². The van der Waals surface area contributed by atoms with E-state index in [4.69, 9.17) is 4.74 Å². The molecule has 0 unspecified atom stereocenters. The van der Waals surface area contributed by atoms with Gasteiger partial charge in [0.05, 0.1) is 11.4 Å². The van der Waals surface area contributed by atoms with Gasteiger partial charge in [0, 0.05) is 50.3 Å². The summed E-state index contributed by atoms with van der Waals surface area (Å²) in [6, 6.07) is 10.4. The van der Waals surface area contributed by atoms with Crippen LogP contribution in [0.5, 0.6) is 0 Å². The Kier molecular flexibility index (Phi) is 7.55. The van der Waals surface area contributed by atoms with E-state index in [0.717, 1.165) is 59.8 Å². The Balaban J connectivity index is 1.54. The molecule has 0 aliphatic carbocycles. The van der Waals surface area contributed by atoms with Crippen LogP contribution in [-0.2, 0) is 11.3 Å². The second-order valence-electron chi connectivity index (χ2n) is 8.64. The molecule has 33 heavy (non-hydrogen) atoms. The molecule has 0 spiro atoms. The first-order valence-corrected chi connectivity index (χ1v) is 12.6. The molecular weight excluding hydrogens is 434 g/mol. The molecule has 1 fully saturated rings. The lowest BCUT2D eigenvalue weighted by Crippen LogP contribution is -2.22. The Hall–Kier alpha value is -2.58. The summed E-state index contributed by atoms with van der Waals surface area (Å²) < 4.78 is 9.48. The largest absolute Gasteiger partial charge is 0.385 e. The van der Waals surface area contributed by atoms with E-state index in [1.807, 2.05) is 13.0 Å². The Morgan fingerprint density at radius 1 is 1.09 bits per heavy atom. The first kappa shape index (κ1) is 23.6. The van der Waals surface area contributed by atoms with Crippen molar-refractivity contribution in [2.24, 2.45) is 0 Å². The van der Waals surface area contributed by atoms with Crippen molar-refractivity contribution in [3.63, 3.8) is 0 Å². The molecule has 0 saturated carbocycles. The lowest BCUT2D eigenvalue weighted by atomic mass is 10.2. The van der Waals surface area contributed by atoms with Crippen LogP contribution in [0.25, 0.3) is 5.69 Å². The average molecular weight is 468 g/mol.